The third-order valence-electron chi connectivity index (χ3n) is 3.96. The molecule has 0 fully saturated rings. The number of H-pyrrole nitrogens is 1. The molecule has 4 aromatic rings. The van der Waals surface area contributed by atoms with Crippen molar-refractivity contribution in [1.29, 1.82) is 0 Å². The molecule has 0 spiro atoms. The van der Waals surface area contributed by atoms with Gasteiger partial charge in [0.05, 0.1) is 5.02 Å². The Kier molecular flexibility index (Phi) is 4.11. The number of furan rings is 1. The molecular weight excluding hydrogens is 406 g/mol. The first-order valence-corrected chi connectivity index (χ1v) is 8.79. The quantitative estimate of drug-likeness (QED) is 0.515. The summed E-state index contributed by atoms with van der Waals surface area (Å²) in [6.07, 6.45) is 0. The molecule has 5 nitrogen and oxygen atoms in total. The van der Waals surface area contributed by atoms with Crippen LogP contribution in [0.15, 0.2) is 50.1 Å². The highest BCUT2D eigenvalue weighted by Crippen LogP contribution is 2.31. The van der Waals surface area contributed by atoms with Gasteiger partial charge in [-0.3, -0.25) is 4.79 Å². The van der Waals surface area contributed by atoms with Crippen molar-refractivity contribution in [2.45, 2.75) is 6.54 Å². The predicted molar refractivity (Wildman–Crippen MR) is 103 cm³/mol. The van der Waals surface area contributed by atoms with Gasteiger partial charge in [-0.25, -0.2) is 4.98 Å². The highest BCUT2D eigenvalue weighted by atomic mass is 79.9. The van der Waals surface area contributed by atoms with E-state index in [4.69, 9.17) is 16.0 Å². The Labute approximate surface area is 156 Å². The van der Waals surface area contributed by atoms with Gasteiger partial charge in [0.25, 0.3) is 5.56 Å². The molecule has 0 aliphatic carbocycles. The average Bonchev–Trinajstić information content (AvgIpc) is 2.94. The first kappa shape index (κ1) is 16.3. The lowest BCUT2D eigenvalue weighted by atomic mass is 10.1. The molecule has 0 bridgehead atoms. The summed E-state index contributed by atoms with van der Waals surface area (Å²) in [6, 6.07) is 11.2. The van der Waals surface area contributed by atoms with Gasteiger partial charge in [-0.15, -0.1) is 0 Å². The van der Waals surface area contributed by atoms with Crippen molar-refractivity contribution < 1.29 is 4.42 Å². The average molecular weight is 419 g/mol. The maximum absolute atomic E-state index is 12.5. The fraction of sp³-hybridized carbons (Fsp3) is 0.111. The summed E-state index contributed by atoms with van der Waals surface area (Å²) in [7, 11) is 1.87. The van der Waals surface area contributed by atoms with Gasteiger partial charge in [-0.2, -0.15) is 0 Å². The Morgan fingerprint density at radius 3 is 2.88 bits per heavy atom. The predicted octanol–water partition coefficient (Wildman–Crippen LogP) is 4.47. The lowest BCUT2D eigenvalue weighted by Gasteiger charge is -2.06. The minimum atomic E-state index is -0.331. The monoisotopic (exact) mass is 417 g/mol. The number of fused-ring (bicyclic) bond motifs is 3. The molecule has 7 heteroatoms. The molecule has 2 aromatic heterocycles. The van der Waals surface area contributed by atoms with Crippen molar-refractivity contribution in [2.75, 3.05) is 7.05 Å². The number of rotatable bonds is 3. The number of nitrogens with one attached hydrogen (secondary N) is 2. The van der Waals surface area contributed by atoms with Crippen molar-refractivity contribution in [2.24, 2.45) is 0 Å². The molecule has 2 N–H and O–H groups in total. The summed E-state index contributed by atoms with van der Waals surface area (Å²) in [6.45, 7) is 0.712. The summed E-state index contributed by atoms with van der Waals surface area (Å²) < 4.78 is 6.53. The van der Waals surface area contributed by atoms with E-state index in [-0.39, 0.29) is 11.1 Å². The molecule has 0 saturated carbocycles. The Bertz CT molecular complexity index is 1170. The van der Waals surface area contributed by atoms with Gasteiger partial charge < -0.3 is 14.7 Å². The second-order valence-corrected chi connectivity index (χ2v) is 7.00. The third kappa shape index (κ3) is 2.86. The summed E-state index contributed by atoms with van der Waals surface area (Å²) >= 11 is 9.84. The van der Waals surface area contributed by atoms with Gasteiger partial charge in [0, 0.05) is 22.0 Å². The number of halogens is 2. The first-order chi connectivity index (χ1) is 12.1. The van der Waals surface area contributed by atoms with Gasteiger partial charge in [0.15, 0.2) is 0 Å². The summed E-state index contributed by atoms with van der Waals surface area (Å²) in [5.74, 6) is 0.418. The Hall–Kier alpha value is -2.15. The zero-order chi connectivity index (χ0) is 17.6. The molecule has 4 rings (SSSR count). The largest absolute Gasteiger partial charge is 0.449 e. The third-order valence-corrected chi connectivity index (χ3v) is 4.76. The molecule has 0 amide bonds. The number of aromatic nitrogens is 2. The summed E-state index contributed by atoms with van der Waals surface area (Å²) in [5.41, 5.74) is 2.74. The van der Waals surface area contributed by atoms with Crippen LogP contribution in [0.2, 0.25) is 5.02 Å². The zero-order valence-electron chi connectivity index (χ0n) is 13.2. The molecular formula is C18H13BrClN3O2. The van der Waals surface area contributed by atoms with Crippen LogP contribution in [0, 0.1) is 0 Å². The molecule has 0 unspecified atom stereocenters. The van der Waals surface area contributed by atoms with Crippen LogP contribution in [0.5, 0.6) is 0 Å². The molecule has 2 heterocycles. The van der Waals surface area contributed by atoms with Crippen molar-refractivity contribution in [3.63, 3.8) is 0 Å². The van der Waals surface area contributed by atoms with Gasteiger partial charge in [0.2, 0.25) is 5.58 Å². The van der Waals surface area contributed by atoms with E-state index in [0.717, 1.165) is 15.4 Å². The molecule has 0 aliphatic rings. The number of nitrogens with zero attached hydrogens (tertiary/aromatic N) is 1. The van der Waals surface area contributed by atoms with Crippen LogP contribution in [0.1, 0.15) is 5.56 Å². The van der Waals surface area contributed by atoms with Crippen LogP contribution in [0.25, 0.3) is 33.5 Å². The topological polar surface area (TPSA) is 70.9 Å². The van der Waals surface area contributed by atoms with E-state index >= 15 is 0 Å². The van der Waals surface area contributed by atoms with E-state index in [9.17, 15) is 4.79 Å². The number of benzene rings is 2. The highest BCUT2D eigenvalue weighted by molar-refractivity contribution is 9.10. The molecule has 0 atom stereocenters. The number of aromatic amines is 1. The van der Waals surface area contributed by atoms with E-state index < -0.39 is 0 Å². The summed E-state index contributed by atoms with van der Waals surface area (Å²) in [5, 5.41) is 4.39. The highest BCUT2D eigenvalue weighted by Gasteiger charge is 2.16. The molecule has 2 aromatic carbocycles. The Morgan fingerprint density at radius 2 is 2.12 bits per heavy atom. The fourth-order valence-corrected chi connectivity index (χ4v) is 3.47. The van der Waals surface area contributed by atoms with Crippen molar-refractivity contribution in [1.82, 2.24) is 15.3 Å². The van der Waals surface area contributed by atoms with E-state index in [1.165, 1.54) is 0 Å². The second-order valence-electron chi connectivity index (χ2n) is 5.68. The van der Waals surface area contributed by atoms with Crippen LogP contribution in [-0.2, 0) is 6.54 Å². The van der Waals surface area contributed by atoms with Crippen LogP contribution in [0.4, 0.5) is 0 Å². The van der Waals surface area contributed by atoms with Crippen molar-refractivity contribution in [3.05, 3.63) is 61.8 Å². The maximum atomic E-state index is 12.5. The minimum Gasteiger partial charge on any atom is -0.449 e. The summed E-state index contributed by atoms with van der Waals surface area (Å²) in [4.78, 5) is 19.8. The Morgan fingerprint density at radius 1 is 1.28 bits per heavy atom. The van der Waals surface area contributed by atoms with Gasteiger partial charge >= 0.3 is 0 Å². The SMILES string of the molecule is CNCc1ccc(-c2nc3c(oc4ccc(Br)cc43)c(=O)[nH]2)c(Cl)c1. The molecule has 126 valence electrons. The van der Waals surface area contributed by atoms with Crippen LogP contribution in [0.3, 0.4) is 0 Å². The van der Waals surface area contributed by atoms with Gasteiger partial charge in [-0.05, 0) is 42.9 Å². The molecule has 0 aliphatic heterocycles. The Balaban J connectivity index is 1.95. The zero-order valence-corrected chi connectivity index (χ0v) is 15.5. The van der Waals surface area contributed by atoms with Crippen LogP contribution in [-0.4, -0.2) is 17.0 Å². The first-order valence-electron chi connectivity index (χ1n) is 7.62. The van der Waals surface area contributed by atoms with Crippen LogP contribution >= 0.6 is 27.5 Å². The molecule has 0 saturated heterocycles. The minimum absolute atomic E-state index is 0.208. The maximum Gasteiger partial charge on any atom is 0.294 e. The molecule has 0 radical (unpaired) electrons. The van der Waals surface area contributed by atoms with E-state index in [0.29, 0.717) is 34.1 Å². The van der Waals surface area contributed by atoms with E-state index in [1.807, 2.05) is 37.4 Å². The normalized spacial score (nSPS) is 11.5. The van der Waals surface area contributed by atoms with Crippen molar-refractivity contribution >= 4 is 49.6 Å². The second kappa shape index (κ2) is 6.29. The van der Waals surface area contributed by atoms with Gasteiger partial charge in [0.1, 0.15) is 16.9 Å². The van der Waals surface area contributed by atoms with E-state index in [1.54, 1.807) is 6.07 Å². The number of hydrogen-bond acceptors (Lipinski definition) is 4. The lowest BCUT2D eigenvalue weighted by molar-refractivity contribution is 0.661. The van der Waals surface area contributed by atoms with Crippen molar-refractivity contribution in [3.8, 4) is 11.4 Å². The number of hydrogen-bond donors (Lipinski definition) is 2. The van der Waals surface area contributed by atoms with Gasteiger partial charge in [-0.1, -0.05) is 33.6 Å². The fourth-order valence-electron chi connectivity index (χ4n) is 2.82. The standard InChI is InChI=1S/C18H13BrClN3O2/c1-21-8-9-2-4-11(13(20)6-9)17-22-15-12-7-10(19)3-5-14(12)25-16(15)18(24)23-17/h2-7,21H,8H2,1H3,(H,22,23,24). The van der Waals surface area contributed by atoms with E-state index in [2.05, 4.69) is 31.2 Å². The smallest absolute Gasteiger partial charge is 0.294 e. The molecule has 25 heavy (non-hydrogen) atoms. The van der Waals surface area contributed by atoms with Crippen LogP contribution < -0.4 is 10.9 Å². The lowest BCUT2D eigenvalue weighted by Crippen LogP contribution is -2.09.